The van der Waals surface area contributed by atoms with Crippen molar-refractivity contribution in [2.75, 3.05) is 13.1 Å². The molecule has 0 aliphatic rings. The Morgan fingerprint density at radius 2 is 1.29 bits per heavy atom. The molecule has 1 amide bonds. The summed E-state index contributed by atoms with van der Waals surface area (Å²) < 4.78 is 14.7. The Kier molecular flexibility index (Phi) is 8.99. The SMILES string of the molecule is CCCCC(C(=O)N(CCC)CCC)P(=O)(c1ccccc1)c1ccccc1. The smallest absolute Gasteiger partial charge is 0.233 e. The first-order chi connectivity index (χ1) is 13.6. The molecule has 0 heterocycles. The van der Waals surface area contributed by atoms with E-state index in [1.54, 1.807) is 0 Å². The molecule has 0 bridgehead atoms. The number of carbonyl (C=O) groups is 1. The van der Waals surface area contributed by atoms with Crippen molar-refractivity contribution >= 4 is 23.7 Å². The molecule has 0 spiro atoms. The Morgan fingerprint density at radius 3 is 1.68 bits per heavy atom. The first-order valence-corrected chi connectivity index (χ1v) is 12.4. The number of hydrogen-bond acceptors (Lipinski definition) is 2. The van der Waals surface area contributed by atoms with Gasteiger partial charge in [0.2, 0.25) is 5.91 Å². The number of nitrogens with zero attached hydrogens (tertiary/aromatic N) is 1. The summed E-state index contributed by atoms with van der Waals surface area (Å²) in [5, 5.41) is 1.56. The zero-order valence-corrected chi connectivity index (χ0v) is 18.4. The van der Waals surface area contributed by atoms with Crippen LogP contribution in [-0.2, 0) is 9.36 Å². The number of unbranched alkanes of at least 4 members (excludes halogenated alkanes) is 1. The minimum absolute atomic E-state index is 0.0492. The third-order valence-electron chi connectivity index (χ3n) is 5.13. The van der Waals surface area contributed by atoms with Crippen molar-refractivity contribution in [3.05, 3.63) is 60.7 Å². The second-order valence-corrected chi connectivity index (χ2v) is 10.3. The van der Waals surface area contributed by atoms with Crippen molar-refractivity contribution < 1.29 is 9.36 Å². The number of amides is 1. The van der Waals surface area contributed by atoms with E-state index < -0.39 is 12.8 Å². The van der Waals surface area contributed by atoms with Gasteiger partial charge in [-0.2, -0.15) is 0 Å². The Labute approximate surface area is 170 Å². The fraction of sp³-hybridized carbons (Fsp3) is 0.458. The Bertz CT molecular complexity index is 711. The largest absolute Gasteiger partial charge is 0.342 e. The molecule has 1 atom stereocenters. The fourth-order valence-corrected chi connectivity index (χ4v) is 7.02. The minimum Gasteiger partial charge on any atom is -0.342 e. The molecule has 0 fully saturated rings. The van der Waals surface area contributed by atoms with Crippen LogP contribution >= 0.6 is 7.14 Å². The molecule has 3 nitrogen and oxygen atoms in total. The van der Waals surface area contributed by atoms with E-state index >= 15 is 0 Å². The zero-order chi connectivity index (χ0) is 20.4. The van der Waals surface area contributed by atoms with Crippen LogP contribution in [0.3, 0.4) is 0 Å². The maximum absolute atomic E-state index is 14.7. The van der Waals surface area contributed by atoms with Crippen LogP contribution in [0.2, 0.25) is 0 Å². The van der Waals surface area contributed by atoms with Crippen molar-refractivity contribution in [1.82, 2.24) is 4.90 Å². The molecular weight excluding hydrogens is 365 g/mol. The van der Waals surface area contributed by atoms with E-state index in [1.807, 2.05) is 65.6 Å². The standard InChI is InChI=1S/C24H34NO2P/c1-4-7-18-23(24(26)25(19-5-2)20-6-3)28(27,21-14-10-8-11-15-21)22-16-12-9-13-17-22/h8-17,23H,4-7,18-20H2,1-3H3. The molecule has 28 heavy (non-hydrogen) atoms. The summed E-state index contributed by atoms with van der Waals surface area (Å²) in [6, 6.07) is 19.2. The zero-order valence-electron chi connectivity index (χ0n) is 17.5. The summed E-state index contributed by atoms with van der Waals surface area (Å²) in [5.74, 6) is 0.0492. The van der Waals surface area contributed by atoms with Gasteiger partial charge in [0.1, 0.15) is 0 Å². The van der Waals surface area contributed by atoms with E-state index in [9.17, 15) is 9.36 Å². The quantitative estimate of drug-likeness (QED) is 0.487. The van der Waals surface area contributed by atoms with E-state index in [4.69, 9.17) is 0 Å². The summed E-state index contributed by atoms with van der Waals surface area (Å²) in [6.45, 7) is 7.74. The van der Waals surface area contributed by atoms with Gasteiger partial charge in [0.15, 0.2) is 7.14 Å². The highest BCUT2D eigenvalue weighted by Gasteiger charge is 2.42. The predicted octanol–water partition coefficient (Wildman–Crippen LogP) is 5.21. The van der Waals surface area contributed by atoms with E-state index in [0.29, 0.717) is 6.42 Å². The normalized spacial score (nSPS) is 12.5. The van der Waals surface area contributed by atoms with Crippen LogP contribution in [0, 0.1) is 0 Å². The first-order valence-electron chi connectivity index (χ1n) is 10.6. The Morgan fingerprint density at radius 1 is 0.821 bits per heavy atom. The van der Waals surface area contributed by atoms with Gasteiger partial charge in [0.05, 0.1) is 5.66 Å². The molecule has 0 saturated heterocycles. The van der Waals surface area contributed by atoms with Gasteiger partial charge in [0, 0.05) is 23.7 Å². The second-order valence-electron chi connectivity index (χ2n) is 7.31. The lowest BCUT2D eigenvalue weighted by Gasteiger charge is -2.33. The van der Waals surface area contributed by atoms with E-state index in [0.717, 1.165) is 49.4 Å². The van der Waals surface area contributed by atoms with E-state index in [1.165, 1.54) is 0 Å². The van der Waals surface area contributed by atoms with Crippen LogP contribution in [0.5, 0.6) is 0 Å². The maximum Gasteiger partial charge on any atom is 0.233 e. The molecular formula is C24H34NO2P. The molecule has 1 unspecified atom stereocenters. The number of hydrogen-bond donors (Lipinski definition) is 0. The molecule has 0 aromatic heterocycles. The summed E-state index contributed by atoms with van der Waals surface area (Å²) >= 11 is 0. The van der Waals surface area contributed by atoms with Gasteiger partial charge in [0.25, 0.3) is 0 Å². The van der Waals surface area contributed by atoms with Crippen molar-refractivity contribution in [2.24, 2.45) is 0 Å². The van der Waals surface area contributed by atoms with Crippen LogP contribution in [0.4, 0.5) is 0 Å². The maximum atomic E-state index is 14.7. The lowest BCUT2D eigenvalue weighted by Crippen LogP contribution is -2.43. The first kappa shape index (κ1) is 22.4. The van der Waals surface area contributed by atoms with Crippen molar-refractivity contribution in [3.63, 3.8) is 0 Å². The molecule has 2 rings (SSSR count). The highest BCUT2D eigenvalue weighted by molar-refractivity contribution is 7.80. The third-order valence-corrected chi connectivity index (χ3v) is 8.62. The fourth-order valence-electron chi connectivity index (χ4n) is 3.75. The molecule has 0 aliphatic carbocycles. The lowest BCUT2D eigenvalue weighted by molar-refractivity contribution is -0.131. The van der Waals surface area contributed by atoms with Crippen LogP contribution in [0.1, 0.15) is 52.9 Å². The Balaban J connectivity index is 2.59. The molecule has 2 aromatic carbocycles. The van der Waals surface area contributed by atoms with Crippen molar-refractivity contribution in [3.8, 4) is 0 Å². The van der Waals surface area contributed by atoms with Gasteiger partial charge in [-0.25, -0.2) is 0 Å². The summed E-state index contributed by atoms with van der Waals surface area (Å²) in [4.78, 5) is 15.6. The molecule has 4 heteroatoms. The van der Waals surface area contributed by atoms with E-state index in [-0.39, 0.29) is 5.91 Å². The number of carbonyl (C=O) groups excluding carboxylic acids is 1. The van der Waals surface area contributed by atoms with Gasteiger partial charge >= 0.3 is 0 Å². The number of benzene rings is 2. The Hall–Kier alpha value is -1.86. The third kappa shape index (κ3) is 5.14. The predicted molar refractivity (Wildman–Crippen MR) is 120 cm³/mol. The van der Waals surface area contributed by atoms with Gasteiger partial charge in [-0.15, -0.1) is 0 Å². The van der Waals surface area contributed by atoms with Crippen LogP contribution in [0.25, 0.3) is 0 Å². The summed E-state index contributed by atoms with van der Waals surface area (Å²) in [7, 11) is -3.11. The summed E-state index contributed by atoms with van der Waals surface area (Å²) in [6.07, 6.45) is 4.35. The van der Waals surface area contributed by atoms with Crippen molar-refractivity contribution in [1.29, 1.82) is 0 Å². The highest BCUT2D eigenvalue weighted by atomic mass is 31.2. The van der Waals surface area contributed by atoms with Crippen LogP contribution in [-0.4, -0.2) is 29.6 Å². The average Bonchev–Trinajstić information content (AvgIpc) is 2.74. The number of rotatable bonds is 11. The lowest BCUT2D eigenvalue weighted by atomic mass is 10.1. The molecule has 0 aliphatic heterocycles. The van der Waals surface area contributed by atoms with Gasteiger partial charge in [-0.1, -0.05) is 94.3 Å². The van der Waals surface area contributed by atoms with Crippen LogP contribution < -0.4 is 10.6 Å². The average molecular weight is 400 g/mol. The molecule has 0 N–H and O–H groups in total. The molecule has 2 aromatic rings. The van der Waals surface area contributed by atoms with Gasteiger partial charge in [-0.05, 0) is 19.3 Å². The monoisotopic (exact) mass is 399 g/mol. The highest BCUT2D eigenvalue weighted by Crippen LogP contribution is 2.51. The summed E-state index contributed by atoms with van der Waals surface area (Å²) in [5.41, 5.74) is -0.504. The van der Waals surface area contributed by atoms with Gasteiger partial charge < -0.3 is 9.46 Å². The molecule has 152 valence electrons. The molecule has 0 saturated carbocycles. The van der Waals surface area contributed by atoms with Crippen molar-refractivity contribution in [2.45, 2.75) is 58.5 Å². The second kappa shape index (κ2) is 11.2. The van der Waals surface area contributed by atoms with E-state index in [2.05, 4.69) is 20.8 Å². The van der Waals surface area contributed by atoms with Gasteiger partial charge in [-0.3, -0.25) is 4.79 Å². The minimum atomic E-state index is -3.11. The van der Waals surface area contributed by atoms with Crippen LogP contribution in [0.15, 0.2) is 60.7 Å². The molecule has 0 radical (unpaired) electrons. The topological polar surface area (TPSA) is 37.4 Å².